The molecule has 0 aliphatic heterocycles. The molecule has 0 unspecified atom stereocenters. The van der Waals surface area contributed by atoms with Crippen LogP contribution in [0.15, 0.2) is 107 Å². The van der Waals surface area contributed by atoms with Crippen LogP contribution in [0.25, 0.3) is 66.0 Å². The number of aliphatic hydroxyl groups is 1. The van der Waals surface area contributed by atoms with E-state index in [-0.39, 0.29) is 48.4 Å². The number of fused-ring (bicyclic) bond motifs is 6. The van der Waals surface area contributed by atoms with E-state index >= 15 is 0 Å². The molecule has 1 N–H and O–H groups in total. The smallest absolute Gasteiger partial charge is 0.164 e. The summed E-state index contributed by atoms with van der Waals surface area (Å²) < 4.78 is 6.43. The molecule has 0 saturated carbocycles. The average Bonchev–Trinajstić information content (AvgIpc) is 3.60. The van der Waals surface area contributed by atoms with Gasteiger partial charge >= 0.3 is 0 Å². The maximum Gasteiger partial charge on any atom is 0.164 e. The molecule has 0 saturated heterocycles. The summed E-state index contributed by atoms with van der Waals surface area (Å²) in [5.41, 5.74) is 7.36. The van der Waals surface area contributed by atoms with E-state index in [0.29, 0.717) is 0 Å². The van der Waals surface area contributed by atoms with Crippen molar-refractivity contribution in [3.8, 4) is 22.4 Å². The van der Waals surface area contributed by atoms with E-state index in [1.807, 2.05) is 59.7 Å². The van der Waals surface area contributed by atoms with Gasteiger partial charge in [-0.15, -0.1) is 17.7 Å². The van der Waals surface area contributed by atoms with Crippen LogP contribution in [0.1, 0.15) is 98.4 Å². The van der Waals surface area contributed by atoms with Crippen LogP contribution in [-0.2, 0) is 24.9 Å². The molecular weight excluding hydrogens is 857 g/mol. The number of ketones is 1. The number of carbonyl (C=O) groups excluding carboxylic acids is 1. The second-order valence-corrected chi connectivity index (χ2v) is 15.4. The molecule has 0 spiro atoms. The van der Waals surface area contributed by atoms with Gasteiger partial charge in [-0.3, -0.25) is 9.78 Å². The average molecular weight is 910 g/mol. The van der Waals surface area contributed by atoms with Crippen molar-refractivity contribution in [3.05, 3.63) is 120 Å². The Kier molecular flexibility index (Phi) is 12.8. The summed E-state index contributed by atoms with van der Waals surface area (Å²) in [5.74, 6) is 1.28. The minimum atomic E-state index is -0.337. The molecule has 0 fully saturated rings. The van der Waals surface area contributed by atoms with Crippen molar-refractivity contribution in [2.45, 2.75) is 93.9 Å². The summed E-state index contributed by atoms with van der Waals surface area (Å²) in [6.45, 7) is 18.5. The topological polar surface area (TPSA) is 76.2 Å². The van der Waals surface area contributed by atoms with Crippen LogP contribution >= 0.6 is 0 Å². The van der Waals surface area contributed by atoms with Crippen molar-refractivity contribution >= 4 is 49.4 Å². The summed E-state index contributed by atoms with van der Waals surface area (Å²) >= 11 is 0. The predicted molar refractivity (Wildman–Crippen MR) is 226 cm³/mol. The number of hydrogen-bond acceptors (Lipinski definition) is 5. The minimum absolute atomic E-state index is 0. The number of aliphatic hydroxyl groups excluding tert-OH is 1. The van der Waals surface area contributed by atoms with Gasteiger partial charge in [-0.2, -0.15) is 0 Å². The standard InChI is InChI=1S/C34H25N2O.C15H28O2.Ir/c1-20(2)34-35-31-25-17-14-23(22-9-5-4-6-10-22)19-24(25)15-18-27(31)32(36-34)28-16-13-21(3)30-26-11-7-8-12-29(26)37-33(28)30;1-7-14(5,8-2)12(16)11-13(17)15(6,9-3)10-4;/h4-15,17-20H,1-3H3;11,16H,7-10H2,1-6H3;/q-1;;/b;12-11-;. The van der Waals surface area contributed by atoms with Crippen molar-refractivity contribution in [1.29, 1.82) is 0 Å². The number of furan rings is 1. The van der Waals surface area contributed by atoms with Gasteiger partial charge in [0.25, 0.3) is 0 Å². The molecule has 0 aliphatic carbocycles. The number of aromatic nitrogens is 2. The van der Waals surface area contributed by atoms with Gasteiger partial charge in [-0.1, -0.05) is 146 Å². The Morgan fingerprint density at radius 1 is 0.800 bits per heavy atom. The Hall–Kier alpha value is -4.64. The van der Waals surface area contributed by atoms with Crippen molar-refractivity contribution < 1.29 is 34.4 Å². The van der Waals surface area contributed by atoms with E-state index in [1.54, 1.807) is 0 Å². The van der Waals surface area contributed by atoms with E-state index < -0.39 is 0 Å². The summed E-state index contributed by atoms with van der Waals surface area (Å²) in [7, 11) is 0. The Morgan fingerprint density at radius 2 is 1.44 bits per heavy atom. The molecule has 7 aromatic rings. The molecule has 0 amide bonds. The van der Waals surface area contributed by atoms with E-state index in [9.17, 15) is 9.90 Å². The fraction of sp³-hybridized carbons (Fsp3) is 0.327. The SMILES string of the molecule is CCC(C)(CC)C(=O)/C=C(\O)C(C)(CC)CC.Cc1c[c-]c(-c2nc(C(C)C)nc3c2ccc2cc(-c4ccccc4)ccc23)c2oc3ccccc3c12.[Ir]. The number of para-hydroxylation sites is 1. The number of benzene rings is 5. The first-order valence-electron chi connectivity index (χ1n) is 19.5. The predicted octanol–water partition coefficient (Wildman–Crippen LogP) is 13.9. The minimum Gasteiger partial charge on any atom is -0.512 e. The zero-order chi connectivity index (χ0) is 38.8. The number of hydrogen-bond donors (Lipinski definition) is 1. The Morgan fingerprint density at radius 3 is 2.09 bits per heavy atom. The maximum absolute atomic E-state index is 12.2. The van der Waals surface area contributed by atoms with Crippen LogP contribution in [-0.4, -0.2) is 20.9 Å². The molecule has 6 heteroatoms. The fourth-order valence-electron chi connectivity index (χ4n) is 6.99. The molecule has 0 atom stereocenters. The van der Waals surface area contributed by atoms with Crippen LogP contribution in [0.2, 0.25) is 0 Å². The molecule has 0 aliphatic rings. The van der Waals surface area contributed by atoms with Crippen LogP contribution in [0.3, 0.4) is 0 Å². The number of allylic oxidation sites excluding steroid dienone is 2. The van der Waals surface area contributed by atoms with Gasteiger partial charge in [-0.25, -0.2) is 4.98 Å². The van der Waals surface area contributed by atoms with Gasteiger partial charge < -0.3 is 9.52 Å². The number of rotatable bonds is 10. The largest absolute Gasteiger partial charge is 0.512 e. The van der Waals surface area contributed by atoms with Crippen LogP contribution < -0.4 is 0 Å². The Bertz CT molecular complexity index is 2490. The molecule has 2 aromatic heterocycles. The first-order valence-corrected chi connectivity index (χ1v) is 19.5. The van der Waals surface area contributed by atoms with Gasteiger partial charge in [0.05, 0.1) is 11.1 Å². The molecule has 1 radical (unpaired) electrons. The zero-order valence-electron chi connectivity index (χ0n) is 33.6. The molecule has 0 bridgehead atoms. The monoisotopic (exact) mass is 910 g/mol. The van der Waals surface area contributed by atoms with E-state index in [1.165, 1.54) is 17.2 Å². The summed E-state index contributed by atoms with van der Waals surface area (Å²) in [4.78, 5) is 22.3. The van der Waals surface area contributed by atoms with E-state index in [2.05, 4.69) is 99.6 Å². The number of aryl methyl sites for hydroxylation is 1. The molecule has 5 nitrogen and oxygen atoms in total. The van der Waals surface area contributed by atoms with Crippen LogP contribution in [0.5, 0.6) is 0 Å². The third-order valence-electron chi connectivity index (χ3n) is 11.8. The van der Waals surface area contributed by atoms with Gasteiger partial charge in [0, 0.05) is 59.4 Å². The molecule has 55 heavy (non-hydrogen) atoms. The Balaban J connectivity index is 0.000000276. The fourth-order valence-corrected chi connectivity index (χ4v) is 6.99. The second-order valence-electron chi connectivity index (χ2n) is 15.4. The quantitative estimate of drug-likeness (QED) is 0.0640. The molecular formula is C49H53IrN2O3-. The number of nitrogens with zero attached hydrogens (tertiary/aromatic N) is 2. The van der Waals surface area contributed by atoms with Crippen molar-refractivity contribution in [2.24, 2.45) is 10.8 Å². The first kappa shape index (κ1) is 41.5. The zero-order valence-corrected chi connectivity index (χ0v) is 36.0. The van der Waals surface area contributed by atoms with Crippen molar-refractivity contribution in [3.63, 3.8) is 0 Å². The Labute approximate surface area is 339 Å². The third kappa shape index (κ3) is 8.04. The van der Waals surface area contributed by atoms with Gasteiger partial charge in [0.15, 0.2) is 5.78 Å². The van der Waals surface area contributed by atoms with Gasteiger partial charge in [0.2, 0.25) is 0 Å². The maximum atomic E-state index is 12.2. The summed E-state index contributed by atoms with van der Waals surface area (Å²) in [6, 6.07) is 35.2. The van der Waals surface area contributed by atoms with Gasteiger partial charge in [-0.05, 0) is 59.7 Å². The summed E-state index contributed by atoms with van der Waals surface area (Å²) in [6.07, 6.45) is 4.75. The molecule has 5 aromatic carbocycles. The summed E-state index contributed by atoms with van der Waals surface area (Å²) in [5, 5.41) is 15.7. The van der Waals surface area contributed by atoms with Gasteiger partial charge in [0.1, 0.15) is 17.2 Å². The van der Waals surface area contributed by atoms with E-state index in [4.69, 9.17) is 14.4 Å². The first-order chi connectivity index (χ1) is 25.9. The van der Waals surface area contributed by atoms with Crippen molar-refractivity contribution in [1.82, 2.24) is 9.97 Å². The number of carbonyl (C=O) groups is 1. The second kappa shape index (κ2) is 17.0. The molecule has 7 rings (SSSR count). The van der Waals surface area contributed by atoms with E-state index in [0.717, 1.165) is 91.9 Å². The van der Waals surface area contributed by atoms with Crippen LogP contribution in [0.4, 0.5) is 0 Å². The molecule has 2 heterocycles. The van der Waals surface area contributed by atoms with Crippen LogP contribution in [0, 0.1) is 23.8 Å². The third-order valence-corrected chi connectivity index (χ3v) is 11.8. The molecule has 287 valence electrons. The van der Waals surface area contributed by atoms with Crippen molar-refractivity contribution in [2.75, 3.05) is 0 Å². The normalized spacial score (nSPS) is 12.3.